The third kappa shape index (κ3) is 4.66. The van der Waals surface area contributed by atoms with Crippen LogP contribution in [0.15, 0.2) is 48.5 Å². The van der Waals surface area contributed by atoms with E-state index in [1.54, 1.807) is 42.5 Å². The molecule has 0 bridgehead atoms. The highest BCUT2D eigenvalue weighted by atomic mass is 35.5. The highest BCUT2D eigenvalue weighted by Gasteiger charge is 2.13. The molecule has 2 amide bonds. The number of amides is 2. The first kappa shape index (κ1) is 16.7. The fraction of sp³-hybridized carbons (Fsp3) is 0.118. The second kappa shape index (κ2) is 7.56. The fourth-order valence-electron chi connectivity index (χ4n) is 2.05. The Morgan fingerprint density at radius 3 is 2.43 bits per heavy atom. The van der Waals surface area contributed by atoms with Crippen LogP contribution >= 0.6 is 11.6 Å². The van der Waals surface area contributed by atoms with Gasteiger partial charge >= 0.3 is 0 Å². The number of hydrogen-bond donors (Lipinski definition) is 2. The minimum Gasteiger partial charge on any atom is -0.366 e. The van der Waals surface area contributed by atoms with Crippen molar-refractivity contribution in [3.63, 3.8) is 0 Å². The fourth-order valence-corrected chi connectivity index (χ4v) is 2.24. The van der Waals surface area contributed by atoms with Gasteiger partial charge in [-0.1, -0.05) is 35.9 Å². The maximum atomic E-state index is 12.0. The van der Waals surface area contributed by atoms with E-state index in [9.17, 15) is 14.4 Å². The first-order valence-corrected chi connectivity index (χ1v) is 7.32. The Balaban J connectivity index is 1.96. The Morgan fingerprint density at radius 2 is 1.74 bits per heavy atom. The van der Waals surface area contributed by atoms with Gasteiger partial charge in [-0.25, -0.2) is 0 Å². The average Bonchev–Trinajstić information content (AvgIpc) is 2.53. The summed E-state index contributed by atoms with van der Waals surface area (Å²) in [5.74, 6) is -1.17. The van der Waals surface area contributed by atoms with E-state index in [1.165, 1.54) is 6.07 Å². The number of nitrogens with two attached hydrogens (primary N) is 1. The van der Waals surface area contributed by atoms with E-state index in [1.807, 2.05) is 0 Å². The molecule has 0 aliphatic carbocycles. The second-order valence-corrected chi connectivity index (χ2v) is 5.33. The summed E-state index contributed by atoms with van der Waals surface area (Å²) in [7, 11) is 0. The predicted octanol–water partition coefficient (Wildman–Crippen LogP) is 3.04. The van der Waals surface area contributed by atoms with Crippen molar-refractivity contribution in [1.82, 2.24) is 0 Å². The van der Waals surface area contributed by atoms with Crippen LogP contribution < -0.4 is 11.1 Å². The number of rotatable bonds is 6. The van der Waals surface area contributed by atoms with E-state index in [4.69, 9.17) is 17.3 Å². The summed E-state index contributed by atoms with van der Waals surface area (Å²) in [4.78, 5) is 35.3. The molecule has 0 fully saturated rings. The van der Waals surface area contributed by atoms with Crippen molar-refractivity contribution in [2.45, 2.75) is 12.8 Å². The first-order valence-electron chi connectivity index (χ1n) is 6.95. The normalized spacial score (nSPS) is 10.1. The summed E-state index contributed by atoms with van der Waals surface area (Å²) >= 11 is 5.83. The monoisotopic (exact) mass is 330 g/mol. The Bertz CT molecular complexity index is 759. The van der Waals surface area contributed by atoms with Gasteiger partial charge in [-0.15, -0.1) is 0 Å². The average molecular weight is 331 g/mol. The van der Waals surface area contributed by atoms with Crippen molar-refractivity contribution in [3.8, 4) is 0 Å². The number of halogens is 1. The lowest BCUT2D eigenvalue weighted by atomic mass is 10.1. The minimum absolute atomic E-state index is 0.00154. The van der Waals surface area contributed by atoms with Crippen molar-refractivity contribution in [3.05, 3.63) is 64.7 Å². The van der Waals surface area contributed by atoms with Crippen LogP contribution in [0.1, 0.15) is 33.6 Å². The number of primary amides is 1. The molecule has 0 saturated carbocycles. The van der Waals surface area contributed by atoms with Crippen LogP contribution in [0, 0.1) is 0 Å². The van der Waals surface area contributed by atoms with Crippen LogP contribution in [0.3, 0.4) is 0 Å². The van der Waals surface area contributed by atoms with E-state index >= 15 is 0 Å². The van der Waals surface area contributed by atoms with E-state index < -0.39 is 5.91 Å². The summed E-state index contributed by atoms with van der Waals surface area (Å²) in [6, 6.07) is 13.0. The van der Waals surface area contributed by atoms with Crippen molar-refractivity contribution < 1.29 is 14.4 Å². The topological polar surface area (TPSA) is 89.3 Å². The Labute approximate surface area is 138 Å². The molecule has 5 nitrogen and oxygen atoms in total. The van der Waals surface area contributed by atoms with Gasteiger partial charge in [-0.2, -0.15) is 0 Å². The zero-order valence-electron chi connectivity index (χ0n) is 12.2. The molecule has 0 radical (unpaired) electrons. The van der Waals surface area contributed by atoms with Crippen molar-refractivity contribution in [1.29, 1.82) is 0 Å². The smallest absolute Gasteiger partial charge is 0.250 e. The van der Waals surface area contributed by atoms with Gasteiger partial charge in [0.25, 0.3) is 5.91 Å². The number of nitrogens with one attached hydrogen (secondary N) is 1. The van der Waals surface area contributed by atoms with Gasteiger partial charge in [0.15, 0.2) is 5.78 Å². The molecule has 0 spiro atoms. The molecule has 0 aliphatic rings. The quantitative estimate of drug-likeness (QED) is 0.798. The zero-order valence-corrected chi connectivity index (χ0v) is 13.0. The van der Waals surface area contributed by atoms with E-state index in [-0.39, 0.29) is 30.1 Å². The Morgan fingerprint density at radius 1 is 1.00 bits per heavy atom. The van der Waals surface area contributed by atoms with Crippen LogP contribution in [0.2, 0.25) is 5.02 Å². The third-order valence-corrected chi connectivity index (χ3v) is 3.43. The summed E-state index contributed by atoms with van der Waals surface area (Å²) in [5, 5.41) is 3.06. The number of hydrogen-bond acceptors (Lipinski definition) is 3. The number of ketones is 1. The van der Waals surface area contributed by atoms with Crippen LogP contribution in [0.25, 0.3) is 0 Å². The molecule has 2 rings (SSSR count). The molecule has 2 aromatic rings. The number of benzene rings is 2. The maximum absolute atomic E-state index is 12.0. The molecule has 3 N–H and O–H groups in total. The largest absolute Gasteiger partial charge is 0.366 e. The molecule has 118 valence electrons. The number of anilines is 1. The van der Waals surface area contributed by atoms with Crippen LogP contribution in [0.4, 0.5) is 5.69 Å². The molecule has 0 aromatic heterocycles. The number of Topliss-reactive ketones (excluding diaryl/α,β-unsaturated/α-hetero) is 1. The highest BCUT2D eigenvalue weighted by molar-refractivity contribution is 6.31. The molecular weight excluding hydrogens is 316 g/mol. The minimum atomic E-state index is -0.629. The van der Waals surface area contributed by atoms with E-state index in [2.05, 4.69) is 5.32 Å². The van der Waals surface area contributed by atoms with Crippen molar-refractivity contribution in [2.24, 2.45) is 5.73 Å². The van der Waals surface area contributed by atoms with E-state index in [0.717, 1.165) is 0 Å². The Kier molecular flexibility index (Phi) is 5.49. The van der Waals surface area contributed by atoms with Gasteiger partial charge in [0.2, 0.25) is 5.91 Å². The van der Waals surface area contributed by atoms with Gasteiger partial charge in [0.05, 0.1) is 11.3 Å². The van der Waals surface area contributed by atoms with Crippen LogP contribution in [-0.4, -0.2) is 17.6 Å². The van der Waals surface area contributed by atoms with Gasteiger partial charge in [-0.3, -0.25) is 14.4 Å². The molecule has 0 heterocycles. The molecule has 6 heteroatoms. The second-order valence-electron chi connectivity index (χ2n) is 4.89. The lowest BCUT2D eigenvalue weighted by molar-refractivity contribution is -0.116. The first-order chi connectivity index (χ1) is 11.0. The molecule has 0 aliphatic heterocycles. The molecule has 0 atom stereocenters. The lowest BCUT2D eigenvalue weighted by Gasteiger charge is -2.08. The van der Waals surface area contributed by atoms with Crippen LogP contribution in [-0.2, 0) is 4.79 Å². The lowest BCUT2D eigenvalue weighted by Crippen LogP contribution is -2.18. The van der Waals surface area contributed by atoms with Crippen molar-refractivity contribution in [2.75, 3.05) is 5.32 Å². The van der Waals surface area contributed by atoms with Gasteiger partial charge in [0, 0.05) is 23.4 Å². The predicted molar refractivity (Wildman–Crippen MR) is 88.6 cm³/mol. The summed E-state index contributed by atoms with van der Waals surface area (Å²) in [5.41, 5.74) is 6.26. The van der Waals surface area contributed by atoms with Crippen molar-refractivity contribution >= 4 is 34.9 Å². The standard InChI is InChI=1S/C17H15ClN2O3/c18-12-5-3-4-11(10-12)15(21)8-9-16(22)20-14-7-2-1-6-13(14)17(19)23/h1-7,10H,8-9H2,(H2,19,23)(H,20,22). The Hall–Kier alpha value is -2.66. The summed E-state index contributed by atoms with van der Waals surface area (Å²) < 4.78 is 0. The molecule has 23 heavy (non-hydrogen) atoms. The summed E-state index contributed by atoms with van der Waals surface area (Å²) in [6.07, 6.45) is 0.0450. The number of carbonyl (C=O) groups is 3. The third-order valence-electron chi connectivity index (χ3n) is 3.19. The number of carbonyl (C=O) groups excluding carboxylic acids is 3. The number of para-hydroxylation sites is 1. The van der Waals surface area contributed by atoms with Gasteiger partial charge in [-0.05, 0) is 24.3 Å². The molecule has 0 unspecified atom stereocenters. The SMILES string of the molecule is NC(=O)c1ccccc1NC(=O)CCC(=O)c1cccc(Cl)c1. The molecular formula is C17H15ClN2O3. The van der Waals surface area contributed by atoms with Crippen LogP contribution in [0.5, 0.6) is 0 Å². The van der Waals surface area contributed by atoms with Gasteiger partial charge in [0.1, 0.15) is 0 Å². The summed E-state index contributed by atoms with van der Waals surface area (Å²) in [6.45, 7) is 0. The molecule has 2 aromatic carbocycles. The highest BCUT2D eigenvalue weighted by Crippen LogP contribution is 2.16. The van der Waals surface area contributed by atoms with Gasteiger partial charge < -0.3 is 11.1 Å². The van der Waals surface area contributed by atoms with E-state index in [0.29, 0.717) is 16.3 Å². The molecule has 0 saturated heterocycles. The zero-order chi connectivity index (χ0) is 16.8. The maximum Gasteiger partial charge on any atom is 0.250 e.